The van der Waals surface area contributed by atoms with Crippen LogP contribution in [-0.2, 0) is 24.0 Å². The zero-order chi connectivity index (χ0) is 32.5. The maximum atomic E-state index is 12.6. The molecule has 43 heavy (non-hydrogen) atoms. The third kappa shape index (κ3) is 23.0. The zero-order valence-corrected chi connectivity index (χ0v) is 25.8. The summed E-state index contributed by atoms with van der Waals surface area (Å²) >= 11 is 1.14. The van der Waals surface area contributed by atoms with Crippen LogP contribution in [0.3, 0.4) is 0 Å². The first-order valence-corrected chi connectivity index (χ1v) is 15.8. The Balaban J connectivity index is 5.31. The lowest BCUT2D eigenvalue weighted by Crippen LogP contribution is -2.50. The Hall–Kier alpha value is -3.16. The van der Waals surface area contributed by atoms with E-state index in [0.29, 0.717) is 0 Å². The summed E-state index contributed by atoms with van der Waals surface area (Å²) in [4.78, 5) is 57.8. The molecule has 0 radical (unpaired) electrons. The van der Waals surface area contributed by atoms with Gasteiger partial charge in [0.2, 0.25) is 11.8 Å². The topological polar surface area (TPSA) is 216 Å². The van der Waals surface area contributed by atoms with E-state index in [2.05, 4.69) is 23.6 Å². The quantitative estimate of drug-likeness (QED) is 0.0546. The summed E-state index contributed by atoms with van der Waals surface area (Å²) in [5, 5.41) is 41.6. The highest BCUT2D eigenvalue weighted by atomic mass is 32.2. The van der Waals surface area contributed by atoms with Crippen molar-refractivity contribution >= 4 is 41.5 Å². The molecule has 0 rings (SSSR count). The fourth-order valence-corrected chi connectivity index (χ4v) is 5.00. The Morgan fingerprint density at radius 1 is 0.837 bits per heavy atom. The van der Waals surface area contributed by atoms with Crippen LogP contribution < -0.4 is 16.4 Å². The molecule has 0 unspecified atom stereocenters. The molecule has 0 aliphatic rings. The van der Waals surface area contributed by atoms with Gasteiger partial charge in [-0.05, 0) is 32.1 Å². The van der Waals surface area contributed by atoms with Gasteiger partial charge in [0.1, 0.15) is 18.6 Å². The molecule has 0 fully saturated rings. The van der Waals surface area contributed by atoms with Gasteiger partial charge in [0.15, 0.2) is 0 Å². The molecule has 0 bridgehead atoms. The average molecular weight is 628 g/mol. The molecule has 12 nitrogen and oxygen atoms in total. The minimum atomic E-state index is -1.28. The molecular weight excluding hydrogens is 578 g/mol. The van der Waals surface area contributed by atoms with Crippen LogP contribution in [0.4, 0.5) is 0 Å². The predicted molar refractivity (Wildman–Crippen MR) is 167 cm³/mol. The normalized spacial score (nSPS) is 14.5. The molecule has 13 heteroatoms. The van der Waals surface area contributed by atoms with E-state index in [1.54, 1.807) is 18.2 Å². The number of aliphatic hydroxyl groups excluding tert-OH is 1. The lowest BCUT2D eigenvalue weighted by atomic mass is 10.1. The van der Waals surface area contributed by atoms with E-state index in [1.165, 1.54) is 32.1 Å². The van der Waals surface area contributed by atoms with Crippen molar-refractivity contribution in [2.45, 2.75) is 107 Å². The highest BCUT2D eigenvalue weighted by Gasteiger charge is 2.25. The maximum Gasteiger partial charge on any atom is 0.322 e. The van der Waals surface area contributed by atoms with Crippen molar-refractivity contribution in [1.82, 2.24) is 10.6 Å². The number of carbonyl (C=O) groups is 5. The molecule has 0 aliphatic heterocycles. The first kappa shape index (κ1) is 39.8. The number of aliphatic carboxylic acids is 3. The number of rotatable bonds is 26. The van der Waals surface area contributed by atoms with Crippen LogP contribution >= 0.6 is 11.8 Å². The first-order chi connectivity index (χ1) is 20.5. The Morgan fingerprint density at radius 3 is 2.16 bits per heavy atom. The minimum Gasteiger partial charge on any atom is -0.481 e. The number of hydrogen-bond acceptors (Lipinski definition) is 8. The van der Waals surface area contributed by atoms with Gasteiger partial charge in [-0.15, -0.1) is 11.8 Å². The molecule has 0 aromatic rings. The second-order valence-corrected chi connectivity index (χ2v) is 11.3. The number of amides is 2. The number of carbonyl (C=O) groups excluding carboxylic acids is 2. The number of unbranched alkanes of at least 4 members (excludes halogenated alkanes) is 6. The highest BCUT2D eigenvalue weighted by Crippen LogP contribution is 2.22. The van der Waals surface area contributed by atoms with Gasteiger partial charge in [-0.25, -0.2) is 0 Å². The summed E-state index contributed by atoms with van der Waals surface area (Å²) < 4.78 is 0. The van der Waals surface area contributed by atoms with Crippen molar-refractivity contribution in [2.24, 2.45) is 5.73 Å². The molecule has 0 spiro atoms. The van der Waals surface area contributed by atoms with Gasteiger partial charge in [0, 0.05) is 23.8 Å². The summed E-state index contributed by atoms with van der Waals surface area (Å²) in [5.74, 6) is -4.98. The standard InChI is InChI=1S/C30H49N3O9S/c1-2-3-4-5-6-7-8-9-10-11-12-13-16-25(24(34)15-14-17-27(36)37)43-21-23(29(40)32-20-28(38)39)33-26(35)19-18-22(31)30(41)42/h9-13,16,22-25,34H,2-8,14-15,17-21,31H2,1H3,(H,32,40)(H,33,35)(H,36,37)(H,38,39)(H,41,42)/b10-9+,12-11+,16-13+/t22-,23+,24+,25+/m1/s1. The number of allylic oxidation sites excluding steroid dienone is 5. The lowest BCUT2D eigenvalue weighted by molar-refractivity contribution is -0.139. The largest absolute Gasteiger partial charge is 0.481 e. The fraction of sp³-hybridized carbons (Fsp3) is 0.633. The number of carboxylic acids is 3. The van der Waals surface area contributed by atoms with Crippen LogP contribution in [0.15, 0.2) is 36.5 Å². The van der Waals surface area contributed by atoms with Crippen LogP contribution in [0.1, 0.15) is 84.0 Å². The van der Waals surface area contributed by atoms with E-state index in [0.717, 1.165) is 24.6 Å². The van der Waals surface area contributed by atoms with Crippen molar-refractivity contribution in [3.8, 4) is 0 Å². The molecule has 0 aliphatic carbocycles. The maximum absolute atomic E-state index is 12.6. The van der Waals surface area contributed by atoms with Crippen molar-refractivity contribution < 1.29 is 44.4 Å². The summed E-state index contributed by atoms with van der Waals surface area (Å²) in [7, 11) is 0. The van der Waals surface area contributed by atoms with Gasteiger partial charge in [-0.1, -0.05) is 75.5 Å². The molecule has 2 amide bonds. The van der Waals surface area contributed by atoms with Crippen LogP contribution in [-0.4, -0.2) is 85.9 Å². The number of aliphatic hydroxyl groups is 1. The Morgan fingerprint density at radius 2 is 1.51 bits per heavy atom. The van der Waals surface area contributed by atoms with Crippen LogP contribution in [0, 0.1) is 0 Å². The molecule has 4 atom stereocenters. The molecule has 0 heterocycles. The molecule has 0 saturated carbocycles. The summed E-state index contributed by atoms with van der Waals surface area (Å²) in [5.41, 5.74) is 5.44. The van der Waals surface area contributed by atoms with Gasteiger partial charge in [0.25, 0.3) is 0 Å². The summed E-state index contributed by atoms with van der Waals surface area (Å²) in [6.45, 7) is 1.52. The second kappa shape index (κ2) is 25.3. The monoisotopic (exact) mass is 627 g/mol. The highest BCUT2D eigenvalue weighted by molar-refractivity contribution is 8.00. The van der Waals surface area contributed by atoms with Crippen molar-refractivity contribution in [3.63, 3.8) is 0 Å². The first-order valence-electron chi connectivity index (χ1n) is 14.8. The molecule has 0 aromatic heterocycles. The van der Waals surface area contributed by atoms with E-state index in [-0.39, 0.29) is 37.9 Å². The van der Waals surface area contributed by atoms with Gasteiger partial charge in [-0.2, -0.15) is 0 Å². The van der Waals surface area contributed by atoms with Crippen molar-refractivity contribution in [3.05, 3.63) is 36.5 Å². The molecular formula is C30H49N3O9S. The van der Waals surface area contributed by atoms with Crippen LogP contribution in [0.2, 0.25) is 0 Å². The Bertz CT molecular complexity index is 940. The molecule has 0 saturated heterocycles. The van der Waals surface area contributed by atoms with Gasteiger partial charge < -0.3 is 36.8 Å². The Labute approximate surface area is 258 Å². The van der Waals surface area contributed by atoms with Gasteiger partial charge in [0.05, 0.1) is 6.10 Å². The molecule has 8 N–H and O–H groups in total. The second-order valence-electron chi connectivity index (χ2n) is 10.1. The SMILES string of the molecule is CCCCCCCC/C=C/C=C/C=C/[C@H](SC[C@H](NC(=O)CC[C@@H](N)C(=O)O)C(=O)NCC(=O)O)[C@@H](O)CCCC(=O)O. The minimum absolute atomic E-state index is 0.0466. The number of thioether (sulfide) groups is 1. The van der Waals surface area contributed by atoms with E-state index < -0.39 is 59.7 Å². The fourth-order valence-electron chi connectivity index (χ4n) is 3.79. The Kier molecular flexibility index (Phi) is 23.5. The predicted octanol–water partition coefficient (Wildman–Crippen LogP) is 3.00. The van der Waals surface area contributed by atoms with E-state index in [9.17, 15) is 29.1 Å². The van der Waals surface area contributed by atoms with E-state index >= 15 is 0 Å². The smallest absolute Gasteiger partial charge is 0.322 e. The molecule has 244 valence electrons. The third-order valence-electron chi connectivity index (χ3n) is 6.28. The zero-order valence-electron chi connectivity index (χ0n) is 25.0. The number of nitrogens with one attached hydrogen (secondary N) is 2. The number of nitrogens with two attached hydrogens (primary N) is 1. The van der Waals surface area contributed by atoms with Crippen LogP contribution in [0.25, 0.3) is 0 Å². The van der Waals surface area contributed by atoms with Crippen LogP contribution in [0.5, 0.6) is 0 Å². The number of hydrogen-bond donors (Lipinski definition) is 7. The van der Waals surface area contributed by atoms with Crippen molar-refractivity contribution in [1.29, 1.82) is 0 Å². The average Bonchev–Trinajstić information content (AvgIpc) is 2.95. The lowest BCUT2D eigenvalue weighted by Gasteiger charge is -2.23. The van der Waals surface area contributed by atoms with Gasteiger partial charge >= 0.3 is 17.9 Å². The van der Waals surface area contributed by atoms with Crippen molar-refractivity contribution in [2.75, 3.05) is 12.3 Å². The third-order valence-corrected chi connectivity index (χ3v) is 7.67. The summed E-state index contributed by atoms with van der Waals surface area (Å²) in [6, 6.07) is -2.44. The van der Waals surface area contributed by atoms with E-state index in [4.69, 9.17) is 21.1 Å². The summed E-state index contributed by atoms with van der Waals surface area (Å²) in [6.07, 6.45) is 18.4. The molecule has 0 aromatic carbocycles. The van der Waals surface area contributed by atoms with Gasteiger partial charge in [-0.3, -0.25) is 24.0 Å². The number of carboxylic acid groups (broad SMARTS) is 3. The van der Waals surface area contributed by atoms with E-state index in [1.807, 2.05) is 12.2 Å².